The summed E-state index contributed by atoms with van der Waals surface area (Å²) in [6, 6.07) is 12.1. The van der Waals surface area contributed by atoms with Gasteiger partial charge in [-0.05, 0) is 31.2 Å². The van der Waals surface area contributed by atoms with Gasteiger partial charge < -0.3 is 10.1 Å². The van der Waals surface area contributed by atoms with Gasteiger partial charge in [0.25, 0.3) is 0 Å². The van der Waals surface area contributed by atoms with E-state index in [-0.39, 0.29) is 5.82 Å². The second kappa shape index (κ2) is 6.43. The van der Waals surface area contributed by atoms with Crippen molar-refractivity contribution in [2.45, 2.75) is 13.5 Å². The van der Waals surface area contributed by atoms with Crippen molar-refractivity contribution in [3.63, 3.8) is 0 Å². The molecule has 2 aromatic rings. The Hall–Kier alpha value is -1.74. The largest absolute Gasteiger partial charge is 0.494 e. The molecule has 0 aliphatic heterocycles. The maximum atomic E-state index is 13.6. The molecule has 0 radical (unpaired) electrons. The molecule has 4 heteroatoms. The van der Waals surface area contributed by atoms with Gasteiger partial charge in [-0.25, -0.2) is 4.39 Å². The van der Waals surface area contributed by atoms with Crippen molar-refractivity contribution in [2.75, 3.05) is 11.9 Å². The van der Waals surface area contributed by atoms with Crippen LogP contribution in [0.15, 0.2) is 42.5 Å². The van der Waals surface area contributed by atoms with Crippen molar-refractivity contribution in [2.24, 2.45) is 0 Å². The second-order valence-electron chi connectivity index (χ2n) is 4.02. The SMILES string of the molecule is CCOc1ccccc1CNc1cc(Cl)ccc1F. The Labute approximate surface area is 117 Å². The molecule has 0 amide bonds. The van der Waals surface area contributed by atoms with E-state index in [1.54, 1.807) is 6.07 Å². The summed E-state index contributed by atoms with van der Waals surface area (Å²) in [4.78, 5) is 0. The van der Waals surface area contributed by atoms with Gasteiger partial charge in [-0.2, -0.15) is 0 Å². The molecule has 2 nitrogen and oxygen atoms in total. The van der Waals surface area contributed by atoms with Gasteiger partial charge in [0.2, 0.25) is 0 Å². The van der Waals surface area contributed by atoms with Gasteiger partial charge in [0.05, 0.1) is 12.3 Å². The molecule has 2 aromatic carbocycles. The van der Waals surface area contributed by atoms with E-state index in [9.17, 15) is 4.39 Å². The van der Waals surface area contributed by atoms with E-state index in [0.717, 1.165) is 11.3 Å². The van der Waals surface area contributed by atoms with Gasteiger partial charge in [-0.1, -0.05) is 29.8 Å². The van der Waals surface area contributed by atoms with Gasteiger partial charge >= 0.3 is 0 Å². The first-order valence-corrected chi connectivity index (χ1v) is 6.48. The number of halogens is 2. The molecule has 0 spiro atoms. The van der Waals surface area contributed by atoms with Crippen LogP contribution in [-0.4, -0.2) is 6.61 Å². The van der Waals surface area contributed by atoms with E-state index in [1.807, 2.05) is 31.2 Å². The minimum atomic E-state index is -0.321. The number of anilines is 1. The fourth-order valence-corrected chi connectivity index (χ4v) is 1.94. The van der Waals surface area contributed by atoms with E-state index in [2.05, 4.69) is 5.32 Å². The van der Waals surface area contributed by atoms with Crippen LogP contribution in [-0.2, 0) is 6.54 Å². The average Bonchev–Trinajstić information content (AvgIpc) is 2.42. The van der Waals surface area contributed by atoms with Gasteiger partial charge in [0.1, 0.15) is 11.6 Å². The zero-order valence-corrected chi connectivity index (χ0v) is 11.4. The standard InChI is InChI=1S/C15H15ClFNO/c1-2-19-15-6-4-3-5-11(15)10-18-14-9-12(16)7-8-13(14)17/h3-9,18H,2,10H2,1H3. The lowest BCUT2D eigenvalue weighted by Gasteiger charge is -2.12. The number of nitrogens with one attached hydrogen (secondary N) is 1. The fraction of sp³-hybridized carbons (Fsp3) is 0.200. The highest BCUT2D eigenvalue weighted by Gasteiger charge is 2.05. The zero-order chi connectivity index (χ0) is 13.7. The minimum absolute atomic E-state index is 0.321. The lowest BCUT2D eigenvalue weighted by atomic mass is 10.2. The molecule has 0 aliphatic carbocycles. The molecule has 0 aromatic heterocycles. The van der Waals surface area contributed by atoms with E-state index in [0.29, 0.717) is 23.9 Å². The molecule has 0 fully saturated rings. The zero-order valence-electron chi connectivity index (χ0n) is 10.6. The molecule has 100 valence electrons. The van der Waals surface area contributed by atoms with Crippen molar-refractivity contribution < 1.29 is 9.13 Å². The third kappa shape index (κ3) is 3.61. The average molecular weight is 280 g/mol. The summed E-state index contributed by atoms with van der Waals surface area (Å²) < 4.78 is 19.1. The summed E-state index contributed by atoms with van der Waals surface area (Å²) >= 11 is 5.85. The molecule has 0 bridgehead atoms. The van der Waals surface area contributed by atoms with Crippen LogP contribution in [0.2, 0.25) is 5.02 Å². The van der Waals surface area contributed by atoms with Crippen LogP contribution in [0, 0.1) is 5.82 Å². The predicted molar refractivity (Wildman–Crippen MR) is 76.3 cm³/mol. The van der Waals surface area contributed by atoms with Crippen LogP contribution in [0.5, 0.6) is 5.75 Å². The Morgan fingerprint density at radius 3 is 2.79 bits per heavy atom. The van der Waals surface area contributed by atoms with Gasteiger partial charge in [-0.15, -0.1) is 0 Å². The number of para-hydroxylation sites is 1. The summed E-state index contributed by atoms with van der Waals surface area (Å²) in [6.45, 7) is 3.01. The van der Waals surface area contributed by atoms with E-state index in [1.165, 1.54) is 12.1 Å². The summed E-state index contributed by atoms with van der Waals surface area (Å²) in [6.07, 6.45) is 0. The van der Waals surface area contributed by atoms with E-state index < -0.39 is 0 Å². The number of rotatable bonds is 5. The first-order valence-electron chi connectivity index (χ1n) is 6.10. The fourth-order valence-electron chi connectivity index (χ4n) is 1.77. The number of hydrogen-bond acceptors (Lipinski definition) is 2. The van der Waals surface area contributed by atoms with Gasteiger partial charge in [0.15, 0.2) is 0 Å². The van der Waals surface area contributed by atoms with Crippen molar-refractivity contribution in [1.82, 2.24) is 0 Å². The maximum Gasteiger partial charge on any atom is 0.146 e. The maximum absolute atomic E-state index is 13.6. The first kappa shape index (κ1) is 13.7. The Morgan fingerprint density at radius 1 is 1.21 bits per heavy atom. The number of benzene rings is 2. The highest BCUT2D eigenvalue weighted by molar-refractivity contribution is 6.30. The Morgan fingerprint density at radius 2 is 2.00 bits per heavy atom. The summed E-state index contributed by atoms with van der Waals surface area (Å²) in [5, 5.41) is 3.53. The molecule has 0 atom stereocenters. The third-order valence-electron chi connectivity index (χ3n) is 2.67. The molecule has 0 aliphatic rings. The van der Waals surface area contributed by atoms with Gasteiger partial charge in [-0.3, -0.25) is 0 Å². The minimum Gasteiger partial charge on any atom is -0.494 e. The number of ether oxygens (including phenoxy) is 1. The van der Waals surface area contributed by atoms with Crippen LogP contribution in [0.3, 0.4) is 0 Å². The van der Waals surface area contributed by atoms with Crippen LogP contribution in [0.1, 0.15) is 12.5 Å². The Balaban J connectivity index is 2.12. The van der Waals surface area contributed by atoms with Crippen LogP contribution in [0.4, 0.5) is 10.1 Å². The molecular weight excluding hydrogens is 265 g/mol. The summed E-state index contributed by atoms with van der Waals surface area (Å²) in [5.74, 6) is 0.484. The van der Waals surface area contributed by atoms with Crippen LogP contribution < -0.4 is 10.1 Å². The Bertz CT molecular complexity index is 560. The first-order chi connectivity index (χ1) is 9.20. The quantitative estimate of drug-likeness (QED) is 0.871. The highest BCUT2D eigenvalue weighted by atomic mass is 35.5. The second-order valence-corrected chi connectivity index (χ2v) is 4.45. The molecule has 0 unspecified atom stereocenters. The van der Waals surface area contributed by atoms with Crippen LogP contribution in [0.25, 0.3) is 0 Å². The Kier molecular flexibility index (Phi) is 4.63. The molecule has 0 saturated heterocycles. The smallest absolute Gasteiger partial charge is 0.146 e. The van der Waals surface area contributed by atoms with Crippen molar-refractivity contribution in [3.8, 4) is 5.75 Å². The summed E-state index contributed by atoms with van der Waals surface area (Å²) in [7, 11) is 0. The lowest BCUT2D eigenvalue weighted by Crippen LogP contribution is -2.04. The molecule has 0 heterocycles. The molecular formula is C15H15ClFNO. The van der Waals surface area contributed by atoms with Crippen molar-refractivity contribution >= 4 is 17.3 Å². The molecule has 2 rings (SSSR count). The predicted octanol–water partition coefficient (Wildman–Crippen LogP) is 4.49. The molecule has 0 saturated carbocycles. The summed E-state index contributed by atoms with van der Waals surface area (Å²) in [5.41, 5.74) is 1.36. The van der Waals surface area contributed by atoms with Crippen LogP contribution >= 0.6 is 11.6 Å². The monoisotopic (exact) mass is 279 g/mol. The van der Waals surface area contributed by atoms with Gasteiger partial charge in [0, 0.05) is 17.1 Å². The highest BCUT2D eigenvalue weighted by Crippen LogP contribution is 2.23. The van der Waals surface area contributed by atoms with E-state index >= 15 is 0 Å². The molecule has 19 heavy (non-hydrogen) atoms. The van der Waals surface area contributed by atoms with Crippen molar-refractivity contribution in [3.05, 3.63) is 58.9 Å². The normalized spacial score (nSPS) is 10.3. The van der Waals surface area contributed by atoms with Crippen molar-refractivity contribution in [1.29, 1.82) is 0 Å². The van der Waals surface area contributed by atoms with E-state index in [4.69, 9.17) is 16.3 Å². The molecule has 1 N–H and O–H groups in total. The topological polar surface area (TPSA) is 21.3 Å². The lowest BCUT2D eigenvalue weighted by molar-refractivity contribution is 0.337. The third-order valence-corrected chi connectivity index (χ3v) is 2.91. The number of hydrogen-bond donors (Lipinski definition) is 1.